The highest BCUT2D eigenvalue weighted by Gasteiger charge is 2.31. The highest BCUT2D eigenvalue weighted by Crippen LogP contribution is 2.39. The van der Waals surface area contributed by atoms with Crippen molar-refractivity contribution in [3.63, 3.8) is 0 Å². The maximum absolute atomic E-state index is 12.3. The molecule has 0 saturated carbocycles. The number of halogens is 1. The Balaban J connectivity index is 1.77. The minimum Gasteiger partial charge on any atom is -0.460 e. The number of azo groups is 1. The minimum atomic E-state index is -0.156. The van der Waals surface area contributed by atoms with Crippen LogP contribution >= 0.6 is 11.6 Å². The highest BCUT2D eigenvalue weighted by atomic mass is 35.5. The Morgan fingerprint density at radius 2 is 1.87 bits per heavy atom. The molecule has 114 valence electrons. The molecule has 1 aliphatic heterocycles. The molecule has 2 atom stereocenters. The van der Waals surface area contributed by atoms with Gasteiger partial charge in [-0.05, 0) is 29.8 Å². The molecule has 0 fully saturated rings. The molecule has 0 unspecified atom stereocenters. The monoisotopic (exact) mass is 324 g/mol. The zero-order valence-corrected chi connectivity index (χ0v) is 12.9. The first-order valence-corrected chi connectivity index (χ1v) is 7.75. The molecule has 0 saturated heterocycles. The van der Waals surface area contributed by atoms with Gasteiger partial charge in [0.25, 0.3) is 0 Å². The van der Waals surface area contributed by atoms with Crippen LogP contribution in [0.5, 0.6) is 0 Å². The molecule has 2 aromatic carbocycles. The third-order valence-corrected chi connectivity index (χ3v) is 4.35. The number of hydrogen-bond acceptors (Lipinski definition) is 4. The molecule has 0 N–H and O–H groups in total. The first-order valence-electron chi connectivity index (χ1n) is 7.37. The lowest BCUT2D eigenvalue weighted by molar-refractivity contribution is 0.465. The molecule has 0 spiro atoms. The summed E-state index contributed by atoms with van der Waals surface area (Å²) >= 11 is 5.94. The second-order valence-electron chi connectivity index (χ2n) is 5.55. The summed E-state index contributed by atoms with van der Waals surface area (Å²) in [7, 11) is 0. The van der Waals surface area contributed by atoms with Crippen LogP contribution in [-0.2, 0) is 0 Å². The number of para-hydroxylation sites is 1. The van der Waals surface area contributed by atoms with Gasteiger partial charge in [-0.1, -0.05) is 35.9 Å². The van der Waals surface area contributed by atoms with E-state index in [1.807, 2.05) is 36.4 Å². The van der Waals surface area contributed by atoms with Crippen molar-refractivity contribution in [2.45, 2.75) is 12.0 Å². The largest absolute Gasteiger partial charge is 0.460 e. The van der Waals surface area contributed by atoms with Crippen LogP contribution in [0.1, 0.15) is 23.3 Å². The Bertz CT molecular complexity index is 947. The number of benzene rings is 2. The quantitative estimate of drug-likeness (QED) is 0.683. The number of rotatable bonds is 2. The van der Waals surface area contributed by atoms with Crippen LogP contribution in [0.3, 0.4) is 0 Å². The number of hydrogen-bond donors (Lipinski definition) is 0. The van der Waals surface area contributed by atoms with Gasteiger partial charge in [0.2, 0.25) is 0 Å². The molecule has 0 aliphatic carbocycles. The van der Waals surface area contributed by atoms with Gasteiger partial charge in [0.1, 0.15) is 17.4 Å². The molecule has 1 aliphatic rings. The van der Waals surface area contributed by atoms with Gasteiger partial charge in [0.15, 0.2) is 5.43 Å². The van der Waals surface area contributed by atoms with Crippen LogP contribution in [0.25, 0.3) is 11.0 Å². The fourth-order valence-corrected chi connectivity index (χ4v) is 3.04. The predicted octanol–water partition coefficient (Wildman–Crippen LogP) is 4.74. The van der Waals surface area contributed by atoms with Crippen LogP contribution in [0.15, 0.2) is 74.0 Å². The van der Waals surface area contributed by atoms with E-state index in [1.165, 1.54) is 0 Å². The second-order valence-corrected chi connectivity index (χ2v) is 5.99. The van der Waals surface area contributed by atoms with Gasteiger partial charge < -0.3 is 4.42 Å². The molecule has 1 aromatic heterocycles. The van der Waals surface area contributed by atoms with E-state index >= 15 is 0 Å². The molecule has 4 nitrogen and oxygen atoms in total. The molecule has 4 rings (SSSR count). The van der Waals surface area contributed by atoms with Crippen LogP contribution in [0.4, 0.5) is 0 Å². The fraction of sp³-hybridized carbons (Fsp3) is 0.167. The van der Waals surface area contributed by atoms with Crippen molar-refractivity contribution in [2.75, 3.05) is 6.54 Å². The summed E-state index contributed by atoms with van der Waals surface area (Å²) in [5.74, 6) is 0.548. The summed E-state index contributed by atoms with van der Waals surface area (Å²) in [5.41, 5.74) is 1.57. The third kappa shape index (κ3) is 2.55. The lowest BCUT2D eigenvalue weighted by Crippen LogP contribution is -2.11. The lowest BCUT2D eigenvalue weighted by Gasteiger charge is -2.16. The second kappa shape index (κ2) is 5.63. The summed E-state index contributed by atoms with van der Waals surface area (Å²) in [6, 6.07) is 16.2. The average Bonchev–Trinajstić information content (AvgIpc) is 3.05. The lowest BCUT2D eigenvalue weighted by atomic mass is 9.92. The van der Waals surface area contributed by atoms with E-state index in [9.17, 15) is 4.79 Å². The van der Waals surface area contributed by atoms with Crippen LogP contribution in [0.2, 0.25) is 5.02 Å². The van der Waals surface area contributed by atoms with Gasteiger partial charge in [-0.3, -0.25) is 4.79 Å². The van der Waals surface area contributed by atoms with E-state index < -0.39 is 0 Å². The van der Waals surface area contributed by atoms with E-state index in [-0.39, 0.29) is 17.4 Å². The molecule has 23 heavy (non-hydrogen) atoms. The minimum absolute atomic E-state index is 0.0383. The van der Waals surface area contributed by atoms with Crippen molar-refractivity contribution >= 4 is 22.6 Å². The van der Waals surface area contributed by atoms with Gasteiger partial charge >= 0.3 is 0 Å². The van der Waals surface area contributed by atoms with Crippen molar-refractivity contribution in [1.29, 1.82) is 0 Å². The first kappa shape index (κ1) is 14.2. The molecule has 0 radical (unpaired) electrons. The molecule has 3 aromatic rings. The van der Waals surface area contributed by atoms with Crippen LogP contribution in [-0.4, -0.2) is 6.54 Å². The summed E-state index contributed by atoms with van der Waals surface area (Å²) in [5, 5.41) is 9.75. The van der Waals surface area contributed by atoms with Crippen LogP contribution < -0.4 is 5.43 Å². The van der Waals surface area contributed by atoms with E-state index in [4.69, 9.17) is 16.0 Å². The van der Waals surface area contributed by atoms with Crippen molar-refractivity contribution < 1.29 is 4.42 Å². The average molecular weight is 325 g/mol. The van der Waals surface area contributed by atoms with Crippen LogP contribution in [0, 0.1) is 0 Å². The summed E-state index contributed by atoms with van der Waals surface area (Å²) in [6.07, 6.45) is 0. The van der Waals surface area contributed by atoms with Crippen molar-refractivity contribution in [3.05, 3.63) is 81.2 Å². The Hall–Kier alpha value is -2.46. The van der Waals surface area contributed by atoms with E-state index in [1.54, 1.807) is 18.2 Å². The van der Waals surface area contributed by atoms with E-state index in [0.717, 1.165) is 5.56 Å². The normalized spacial score (nSPS) is 20.2. The zero-order chi connectivity index (χ0) is 15.8. The first-order chi connectivity index (χ1) is 11.2. The SMILES string of the molecule is O=c1cc([C@@H]2CN=N[C@H]2c2ccc(Cl)cc2)oc2ccccc12. The van der Waals surface area contributed by atoms with Crippen molar-refractivity contribution in [2.24, 2.45) is 10.2 Å². The number of fused-ring (bicyclic) bond motifs is 1. The molecule has 2 heterocycles. The smallest absolute Gasteiger partial charge is 0.192 e. The Morgan fingerprint density at radius 1 is 1.09 bits per heavy atom. The third-order valence-electron chi connectivity index (χ3n) is 4.10. The van der Waals surface area contributed by atoms with Gasteiger partial charge in [-0.15, -0.1) is 0 Å². The molecule has 0 bridgehead atoms. The summed E-state index contributed by atoms with van der Waals surface area (Å²) in [4.78, 5) is 12.3. The molecular formula is C18H13ClN2O2. The van der Waals surface area contributed by atoms with Crippen molar-refractivity contribution in [1.82, 2.24) is 0 Å². The van der Waals surface area contributed by atoms with E-state index in [2.05, 4.69) is 10.2 Å². The van der Waals surface area contributed by atoms with E-state index in [0.29, 0.717) is 28.3 Å². The molecule has 0 amide bonds. The zero-order valence-electron chi connectivity index (χ0n) is 12.1. The Morgan fingerprint density at radius 3 is 2.70 bits per heavy atom. The molecular weight excluding hydrogens is 312 g/mol. The maximum atomic E-state index is 12.3. The number of nitrogens with zero attached hydrogens (tertiary/aromatic N) is 2. The Kier molecular flexibility index (Phi) is 3.46. The Labute approximate surface area is 137 Å². The van der Waals surface area contributed by atoms with Crippen molar-refractivity contribution in [3.8, 4) is 0 Å². The van der Waals surface area contributed by atoms with Gasteiger partial charge in [0, 0.05) is 11.1 Å². The fourth-order valence-electron chi connectivity index (χ4n) is 2.91. The summed E-state index contributed by atoms with van der Waals surface area (Å²) in [6.45, 7) is 0.509. The maximum Gasteiger partial charge on any atom is 0.192 e. The van der Waals surface area contributed by atoms with Gasteiger partial charge in [0.05, 0.1) is 17.8 Å². The highest BCUT2D eigenvalue weighted by molar-refractivity contribution is 6.30. The van der Waals surface area contributed by atoms with Gasteiger partial charge in [-0.25, -0.2) is 0 Å². The topological polar surface area (TPSA) is 54.9 Å². The molecule has 5 heteroatoms. The van der Waals surface area contributed by atoms with Gasteiger partial charge in [-0.2, -0.15) is 10.2 Å². The summed E-state index contributed by atoms with van der Waals surface area (Å²) < 4.78 is 5.96. The predicted molar refractivity (Wildman–Crippen MR) is 89.1 cm³/mol. The standard InChI is InChI=1S/C18H13ClN2O2/c19-12-7-5-11(6-8-12)18-14(10-20-21-18)17-9-15(22)13-3-1-2-4-16(13)23-17/h1-9,14,18H,10H2/t14-,18-/m0/s1.